The standard InChI is InChI=1S/C11H8ClNO3/c1-16-11-8(12)9(14)5-3-2-4-6(13)7(5)10(11)15/h2-4H,13H2,1H3. The molecular weight excluding hydrogens is 230 g/mol. The maximum absolute atomic E-state index is 11.9. The number of allylic oxidation sites excluding steroid dienone is 2. The number of Topliss-reactive ketones (excluding diaryl/α,β-unsaturated/α-hetero) is 2. The van der Waals surface area contributed by atoms with Gasteiger partial charge in [-0.25, -0.2) is 0 Å². The van der Waals surface area contributed by atoms with Crippen molar-refractivity contribution in [3.8, 4) is 0 Å². The number of hydrogen-bond acceptors (Lipinski definition) is 4. The molecule has 0 fully saturated rings. The van der Waals surface area contributed by atoms with Crippen molar-refractivity contribution >= 4 is 28.9 Å². The highest BCUT2D eigenvalue weighted by molar-refractivity contribution is 6.50. The van der Waals surface area contributed by atoms with Gasteiger partial charge in [-0.2, -0.15) is 0 Å². The highest BCUT2D eigenvalue weighted by atomic mass is 35.5. The van der Waals surface area contributed by atoms with Gasteiger partial charge in [0.2, 0.25) is 11.6 Å². The van der Waals surface area contributed by atoms with E-state index in [1.807, 2.05) is 0 Å². The summed E-state index contributed by atoms with van der Waals surface area (Å²) in [6, 6.07) is 4.67. The summed E-state index contributed by atoms with van der Waals surface area (Å²) in [4.78, 5) is 23.7. The van der Waals surface area contributed by atoms with Crippen LogP contribution in [0.4, 0.5) is 5.69 Å². The van der Waals surface area contributed by atoms with Crippen LogP contribution in [0.25, 0.3) is 0 Å². The number of halogens is 1. The van der Waals surface area contributed by atoms with E-state index < -0.39 is 11.6 Å². The van der Waals surface area contributed by atoms with Gasteiger partial charge in [0.15, 0.2) is 5.76 Å². The third kappa shape index (κ3) is 1.31. The maximum atomic E-state index is 11.9. The number of nitrogens with two attached hydrogens (primary N) is 1. The molecule has 2 rings (SSSR count). The van der Waals surface area contributed by atoms with E-state index in [1.165, 1.54) is 13.2 Å². The van der Waals surface area contributed by atoms with Crippen LogP contribution in [0.15, 0.2) is 29.0 Å². The third-order valence-electron chi connectivity index (χ3n) is 2.38. The highest BCUT2D eigenvalue weighted by Gasteiger charge is 2.33. The predicted octanol–water partition coefficient (Wildman–Crippen LogP) is 1.74. The van der Waals surface area contributed by atoms with Crippen molar-refractivity contribution < 1.29 is 14.3 Å². The van der Waals surface area contributed by atoms with E-state index in [1.54, 1.807) is 12.1 Å². The average Bonchev–Trinajstić information content (AvgIpc) is 2.26. The number of nitrogen functional groups attached to an aromatic ring is 1. The van der Waals surface area contributed by atoms with Crippen molar-refractivity contribution in [3.63, 3.8) is 0 Å². The van der Waals surface area contributed by atoms with Gasteiger partial charge < -0.3 is 10.5 Å². The first-order valence-electron chi connectivity index (χ1n) is 4.49. The Labute approximate surface area is 96.6 Å². The number of methoxy groups -OCH3 is 1. The fraction of sp³-hybridized carbons (Fsp3) is 0.0909. The number of benzene rings is 1. The Kier molecular flexibility index (Phi) is 2.44. The zero-order chi connectivity index (χ0) is 11.9. The van der Waals surface area contributed by atoms with Crippen molar-refractivity contribution in [1.29, 1.82) is 0 Å². The fourth-order valence-corrected chi connectivity index (χ4v) is 1.89. The third-order valence-corrected chi connectivity index (χ3v) is 2.72. The summed E-state index contributed by atoms with van der Waals surface area (Å²) < 4.78 is 4.82. The second-order valence-corrected chi connectivity index (χ2v) is 3.65. The average molecular weight is 238 g/mol. The van der Waals surface area contributed by atoms with Crippen LogP contribution in [0.3, 0.4) is 0 Å². The zero-order valence-corrected chi connectivity index (χ0v) is 9.17. The molecule has 2 N–H and O–H groups in total. The summed E-state index contributed by atoms with van der Waals surface area (Å²) in [5.74, 6) is -1.06. The van der Waals surface area contributed by atoms with E-state index in [4.69, 9.17) is 22.1 Å². The number of anilines is 1. The Morgan fingerprint density at radius 2 is 1.94 bits per heavy atom. The summed E-state index contributed by atoms with van der Waals surface area (Å²) in [7, 11) is 1.28. The molecule has 0 unspecified atom stereocenters. The number of rotatable bonds is 1. The minimum Gasteiger partial charge on any atom is -0.491 e. The monoisotopic (exact) mass is 237 g/mol. The highest BCUT2D eigenvalue weighted by Crippen LogP contribution is 2.31. The summed E-state index contributed by atoms with van der Waals surface area (Å²) >= 11 is 5.75. The molecule has 4 nitrogen and oxygen atoms in total. The summed E-state index contributed by atoms with van der Waals surface area (Å²) in [6.45, 7) is 0. The smallest absolute Gasteiger partial charge is 0.232 e. The van der Waals surface area contributed by atoms with Gasteiger partial charge in [-0.1, -0.05) is 23.7 Å². The van der Waals surface area contributed by atoms with E-state index in [0.29, 0.717) is 0 Å². The zero-order valence-electron chi connectivity index (χ0n) is 8.41. The van der Waals surface area contributed by atoms with Crippen LogP contribution in [0.5, 0.6) is 0 Å². The summed E-state index contributed by atoms with van der Waals surface area (Å²) in [5.41, 5.74) is 6.29. The molecule has 0 saturated carbocycles. The Hall–Kier alpha value is -1.81. The van der Waals surface area contributed by atoms with Gasteiger partial charge in [0, 0.05) is 11.3 Å². The molecule has 0 saturated heterocycles. The van der Waals surface area contributed by atoms with Gasteiger partial charge in [-0.15, -0.1) is 0 Å². The largest absolute Gasteiger partial charge is 0.491 e. The second-order valence-electron chi connectivity index (χ2n) is 3.28. The van der Waals surface area contributed by atoms with Crippen LogP contribution in [0.1, 0.15) is 20.7 Å². The number of carbonyl (C=O) groups is 2. The molecule has 1 aliphatic carbocycles. The van der Waals surface area contributed by atoms with Gasteiger partial charge in [0.05, 0.1) is 12.7 Å². The van der Waals surface area contributed by atoms with E-state index in [-0.39, 0.29) is 27.6 Å². The lowest BCUT2D eigenvalue weighted by Gasteiger charge is -2.17. The quantitative estimate of drug-likeness (QED) is 0.756. The molecule has 0 amide bonds. The van der Waals surface area contributed by atoms with E-state index in [9.17, 15) is 9.59 Å². The molecule has 0 heterocycles. The Morgan fingerprint density at radius 3 is 2.56 bits per heavy atom. The second kappa shape index (κ2) is 3.64. The van der Waals surface area contributed by atoms with Crippen LogP contribution >= 0.6 is 11.6 Å². The lowest BCUT2D eigenvalue weighted by molar-refractivity contribution is 0.0913. The van der Waals surface area contributed by atoms with Crippen LogP contribution in [-0.2, 0) is 4.74 Å². The molecule has 16 heavy (non-hydrogen) atoms. The Morgan fingerprint density at radius 1 is 1.25 bits per heavy atom. The van der Waals surface area contributed by atoms with E-state index >= 15 is 0 Å². The first kappa shape index (κ1) is 10.7. The van der Waals surface area contributed by atoms with Crippen molar-refractivity contribution in [2.24, 2.45) is 0 Å². The Balaban J connectivity index is 2.75. The number of carbonyl (C=O) groups excluding carboxylic acids is 2. The predicted molar refractivity (Wildman–Crippen MR) is 59.4 cm³/mol. The van der Waals surface area contributed by atoms with Crippen LogP contribution < -0.4 is 5.73 Å². The van der Waals surface area contributed by atoms with E-state index in [2.05, 4.69) is 0 Å². The van der Waals surface area contributed by atoms with Crippen molar-refractivity contribution in [1.82, 2.24) is 0 Å². The molecule has 1 aromatic carbocycles. The van der Waals surface area contributed by atoms with E-state index in [0.717, 1.165) is 0 Å². The minimum atomic E-state index is -0.458. The lowest BCUT2D eigenvalue weighted by Crippen LogP contribution is -2.22. The SMILES string of the molecule is COC1=C(Cl)C(=O)c2cccc(N)c2C1=O. The molecule has 5 heteroatoms. The Bertz CT molecular complexity index is 534. The van der Waals surface area contributed by atoms with Crippen molar-refractivity contribution in [2.75, 3.05) is 12.8 Å². The molecule has 0 spiro atoms. The van der Waals surface area contributed by atoms with Gasteiger partial charge in [0.1, 0.15) is 5.03 Å². The van der Waals surface area contributed by atoms with Gasteiger partial charge >= 0.3 is 0 Å². The number of ether oxygens (including phenoxy) is 1. The molecule has 0 aromatic heterocycles. The molecule has 1 aromatic rings. The number of fused-ring (bicyclic) bond motifs is 1. The van der Waals surface area contributed by atoms with Gasteiger partial charge in [0.25, 0.3) is 0 Å². The molecule has 1 aliphatic rings. The first-order chi connectivity index (χ1) is 7.57. The molecule has 0 aliphatic heterocycles. The van der Waals surface area contributed by atoms with Gasteiger partial charge in [-0.3, -0.25) is 9.59 Å². The topological polar surface area (TPSA) is 69.4 Å². The fourth-order valence-electron chi connectivity index (χ4n) is 1.63. The summed E-state index contributed by atoms with van der Waals surface area (Å²) in [6.07, 6.45) is 0. The minimum absolute atomic E-state index is 0.155. The number of hydrogen-bond donors (Lipinski definition) is 1. The maximum Gasteiger partial charge on any atom is 0.232 e. The van der Waals surface area contributed by atoms with Crippen LogP contribution in [-0.4, -0.2) is 18.7 Å². The van der Waals surface area contributed by atoms with Crippen molar-refractivity contribution in [2.45, 2.75) is 0 Å². The van der Waals surface area contributed by atoms with Gasteiger partial charge in [-0.05, 0) is 6.07 Å². The lowest BCUT2D eigenvalue weighted by atomic mass is 9.92. The number of ketones is 2. The molecular formula is C11H8ClNO3. The van der Waals surface area contributed by atoms with Crippen LogP contribution in [0, 0.1) is 0 Å². The first-order valence-corrected chi connectivity index (χ1v) is 4.87. The molecule has 0 radical (unpaired) electrons. The molecule has 0 bridgehead atoms. The van der Waals surface area contributed by atoms with Crippen molar-refractivity contribution in [3.05, 3.63) is 40.1 Å². The normalized spacial score (nSPS) is 15.1. The molecule has 82 valence electrons. The summed E-state index contributed by atoms with van der Waals surface area (Å²) in [5, 5.41) is -0.203. The molecule has 0 atom stereocenters. The van der Waals surface area contributed by atoms with Crippen LogP contribution in [0.2, 0.25) is 0 Å².